The Morgan fingerprint density at radius 1 is 1.20 bits per heavy atom. The highest BCUT2D eigenvalue weighted by Crippen LogP contribution is 2.66. The van der Waals surface area contributed by atoms with Gasteiger partial charge in [-0.15, -0.1) is 5.10 Å². The molecule has 35 heavy (non-hydrogen) atoms. The number of carbonyl (C=O) groups is 2. The quantitative estimate of drug-likeness (QED) is 0.597. The molecule has 0 radical (unpaired) electrons. The van der Waals surface area contributed by atoms with Gasteiger partial charge in [-0.3, -0.25) is 9.59 Å². The van der Waals surface area contributed by atoms with Crippen LogP contribution in [-0.4, -0.2) is 38.7 Å². The maximum atomic E-state index is 13.6. The number of aromatic nitrogens is 2. The zero-order valence-corrected chi connectivity index (χ0v) is 21.1. The Bertz CT molecular complexity index is 1270. The highest BCUT2D eigenvalue weighted by molar-refractivity contribution is 8.00. The molecule has 6 unspecified atom stereocenters. The number of aliphatic hydroxyl groups excluding tert-OH is 1. The molecular weight excluding hydrogens is 456 g/mol. The van der Waals surface area contributed by atoms with Gasteiger partial charge in [-0.2, -0.15) is 5.10 Å². The van der Waals surface area contributed by atoms with Gasteiger partial charge in [0.2, 0.25) is 0 Å². The van der Waals surface area contributed by atoms with E-state index in [1.807, 2.05) is 30.3 Å². The Morgan fingerprint density at radius 3 is 2.89 bits per heavy atom. The number of hydrogen-bond donors (Lipinski definition) is 1. The summed E-state index contributed by atoms with van der Waals surface area (Å²) in [6.07, 6.45) is 11.3. The van der Waals surface area contributed by atoms with E-state index in [2.05, 4.69) is 24.0 Å². The Kier molecular flexibility index (Phi) is 5.53. The maximum Gasteiger partial charge on any atom is 0.178 e. The van der Waals surface area contributed by atoms with Gasteiger partial charge in [-0.1, -0.05) is 61.5 Å². The SMILES string of the molecule is CC12C=CC(=O)C=C1CCC1C2[C@@H](O)CC2(C)C(C(=O)CSc3nncc4ccccc34)CCC12. The third kappa shape index (κ3) is 3.55. The number of fused-ring (bicyclic) bond motifs is 6. The second-order valence-electron chi connectivity index (χ2n) is 11.4. The molecule has 0 spiro atoms. The molecule has 3 saturated carbocycles. The van der Waals surface area contributed by atoms with E-state index >= 15 is 0 Å². The molecule has 0 aliphatic heterocycles. The van der Waals surface area contributed by atoms with E-state index in [1.54, 1.807) is 18.3 Å². The average molecular weight is 489 g/mol. The molecule has 0 bridgehead atoms. The number of nitrogens with zero attached hydrogens (tertiary/aromatic N) is 2. The van der Waals surface area contributed by atoms with Gasteiger partial charge in [0.1, 0.15) is 10.8 Å². The largest absolute Gasteiger partial charge is 0.393 e. The maximum absolute atomic E-state index is 13.6. The number of rotatable bonds is 4. The predicted molar refractivity (Wildman–Crippen MR) is 137 cm³/mol. The highest BCUT2D eigenvalue weighted by Gasteiger charge is 2.62. The molecule has 4 aliphatic rings. The summed E-state index contributed by atoms with van der Waals surface area (Å²) in [5.74, 6) is 1.59. The van der Waals surface area contributed by atoms with E-state index < -0.39 is 6.10 Å². The number of Topliss-reactive ketones (excluding diaryl/α,β-unsaturated/α-hetero) is 1. The molecule has 1 aromatic heterocycles. The van der Waals surface area contributed by atoms with Crippen molar-refractivity contribution < 1.29 is 14.7 Å². The zero-order chi connectivity index (χ0) is 24.4. The van der Waals surface area contributed by atoms with Gasteiger partial charge in [0.15, 0.2) is 5.78 Å². The van der Waals surface area contributed by atoms with Gasteiger partial charge >= 0.3 is 0 Å². The fourth-order valence-corrected chi connectivity index (χ4v) is 9.13. The topological polar surface area (TPSA) is 80.1 Å². The summed E-state index contributed by atoms with van der Waals surface area (Å²) < 4.78 is 0. The Hall–Kier alpha value is -2.31. The van der Waals surface area contributed by atoms with E-state index in [0.717, 1.165) is 41.5 Å². The van der Waals surface area contributed by atoms with Crippen molar-refractivity contribution in [2.24, 2.45) is 34.5 Å². The molecule has 1 heterocycles. The van der Waals surface area contributed by atoms with Crippen LogP contribution in [0.15, 0.2) is 59.3 Å². The van der Waals surface area contributed by atoms with E-state index in [4.69, 9.17) is 0 Å². The van der Waals surface area contributed by atoms with Crippen molar-refractivity contribution in [3.05, 3.63) is 54.3 Å². The summed E-state index contributed by atoms with van der Waals surface area (Å²) in [6.45, 7) is 4.45. The van der Waals surface area contributed by atoms with Crippen molar-refractivity contribution in [3.8, 4) is 0 Å². The molecule has 4 aliphatic carbocycles. The first-order valence-electron chi connectivity index (χ1n) is 12.8. The van der Waals surface area contributed by atoms with Gasteiger partial charge in [-0.05, 0) is 61.5 Å². The minimum absolute atomic E-state index is 0.0354. The molecule has 1 N–H and O–H groups in total. The molecule has 182 valence electrons. The van der Waals surface area contributed by atoms with Crippen molar-refractivity contribution in [1.29, 1.82) is 0 Å². The second-order valence-corrected chi connectivity index (χ2v) is 12.4. The molecule has 5 nitrogen and oxygen atoms in total. The minimum atomic E-state index is -0.474. The molecule has 3 fully saturated rings. The second kappa shape index (κ2) is 8.38. The van der Waals surface area contributed by atoms with E-state index in [1.165, 1.54) is 17.3 Å². The lowest BCUT2D eigenvalue weighted by atomic mass is 9.46. The first-order valence-corrected chi connectivity index (χ1v) is 13.8. The summed E-state index contributed by atoms with van der Waals surface area (Å²) in [5, 5.41) is 22.8. The van der Waals surface area contributed by atoms with Crippen LogP contribution in [0, 0.1) is 34.5 Å². The number of benzene rings is 1. The number of thioether (sulfide) groups is 1. The van der Waals surface area contributed by atoms with Crippen LogP contribution in [0.1, 0.15) is 46.0 Å². The van der Waals surface area contributed by atoms with Crippen LogP contribution in [0.25, 0.3) is 10.8 Å². The third-order valence-electron chi connectivity index (χ3n) is 9.77. The Morgan fingerprint density at radius 2 is 2.03 bits per heavy atom. The van der Waals surface area contributed by atoms with Gasteiger partial charge in [0.05, 0.1) is 18.1 Å². The smallest absolute Gasteiger partial charge is 0.178 e. The summed E-state index contributed by atoms with van der Waals surface area (Å²) in [7, 11) is 0. The molecule has 6 rings (SSSR count). The molecule has 2 aromatic rings. The normalized spacial score (nSPS) is 38.0. The molecule has 0 saturated heterocycles. The standard InChI is InChI=1S/C29H32N2O3S/c1-28-12-11-19(32)13-18(28)7-8-21-22-9-10-23(29(22,2)14-24(33)26(21)28)25(34)16-35-27-20-6-4-3-5-17(20)15-30-31-27/h3-6,11-13,15,21-24,26,33H,7-10,14,16H2,1-2H3/t21?,22?,23?,24-,26?,28?,29?/m0/s1. The van der Waals surface area contributed by atoms with Crippen molar-refractivity contribution in [1.82, 2.24) is 10.2 Å². The molecular formula is C29H32N2O3S. The molecule has 0 amide bonds. The Labute approximate surface area is 210 Å². The fraction of sp³-hybridized carbons (Fsp3) is 0.517. The van der Waals surface area contributed by atoms with Crippen LogP contribution >= 0.6 is 11.8 Å². The third-order valence-corrected chi connectivity index (χ3v) is 10.8. The van der Waals surface area contributed by atoms with Crippen molar-refractivity contribution in [3.63, 3.8) is 0 Å². The number of allylic oxidation sites excluding steroid dienone is 4. The molecule has 1 aromatic carbocycles. The van der Waals surface area contributed by atoms with Gasteiger partial charge < -0.3 is 5.11 Å². The molecule has 7 atom stereocenters. The van der Waals surface area contributed by atoms with Crippen LogP contribution in [0.4, 0.5) is 0 Å². The Balaban J connectivity index is 1.22. The van der Waals surface area contributed by atoms with Crippen LogP contribution in [0.3, 0.4) is 0 Å². The van der Waals surface area contributed by atoms with Crippen LogP contribution < -0.4 is 0 Å². The van der Waals surface area contributed by atoms with Crippen molar-refractivity contribution in [2.75, 3.05) is 5.75 Å². The molecule has 6 heteroatoms. The summed E-state index contributed by atoms with van der Waals surface area (Å²) in [4.78, 5) is 25.6. The lowest BCUT2D eigenvalue weighted by Gasteiger charge is -2.58. The van der Waals surface area contributed by atoms with Gasteiger partial charge in [0.25, 0.3) is 0 Å². The first kappa shape index (κ1) is 23.1. The van der Waals surface area contributed by atoms with E-state index in [9.17, 15) is 14.7 Å². The van der Waals surface area contributed by atoms with E-state index in [-0.39, 0.29) is 34.2 Å². The van der Waals surface area contributed by atoms with Gasteiger partial charge in [-0.25, -0.2) is 0 Å². The van der Waals surface area contributed by atoms with Gasteiger partial charge in [0, 0.05) is 28.0 Å². The number of hydrogen-bond acceptors (Lipinski definition) is 6. The predicted octanol–water partition coefficient (Wildman–Crippen LogP) is 5.19. The monoisotopic (exact) mass is 488 g/mol. The van der Waals surface area contributed by atoms with E-state index in [0.29, 0.717) is 24.0 Å². The number of aliphatic hydroxyl groups is 1. The summed E-state index contributed by atoms with van der Waals surface area (Å²) >= 11 is 1.49. The highest BCUT2D eigenvalue weighted by atomic mass is 32.2. The lowest BCUT2D eigenvalue weighted by Crippen LogP contribution is -2.56. The fourth-order valence-electron chi connectivity index (χ4n) is 8.20. The van der Waals surface area contributed by atoms with Crippen LogP contribution in [0.5, 0.6) is 0 Å². The minimum Gasteiger partial charge on any atom is -0.393 e. The zero-order valence-electron chi connectivity index (χ0n) is 20.3. The van der Waals surface area contributed by atoms with Crippen LogP contribution in [-0.2, 0) is 9.59 Å². The van der Waals surface area contributed by atoms with Crippen molar-refractivity contribution >= 4 is 34.1 Å². The number of carbonyl (C=O) groups excluding carboxylic acids is 2. The van der Waals surface area contributed by atoms with Crippen LogP contribution in [0.2, 0.25) is 0 Å². The summed E-state index contributed by atoms with van der Waals surface area (Å²) in [6, 6.07) is 8.01. The first-order chi connectivity index (χ1) is 16.8. The van der Waals surface area contributed by atoms with Crippen molar-refractivity contribution in [2.45, 2.75) is 57.1 Å². The number of ketones is 2. The lowest BCUT2D eigenvalue weighted by molar-refractivity contribution is -0.137. The summed E-state index contributed by atoms with van der Waals surface area (Å²) in [5.41, 5.74) is 0.726. The average Bonchev–Trinajstić information content (AvgIpc) is 3.19.